The predicted molar refractivity (Wildman–Crippen MR) is 53.8 cm³/mol. The summed E-state index contributed by atoms with van der Waals surface area (Å²) in [7, 11) is -3.67. The van der Waals surface area contributed by atoms with Gasteiger partial charge in [0, 0.05) is 6.42 Å². The molecule has 7 N–H and O–H groups in total. The van der Waals surface area contributed by atoms with Crippen molar-refractivity contribution in [2.75, 3.05) is 6.26 Å². The van der Waals surface area contributed by atoms with Gasteiger partial charge in [0.05, 0.1) is 12.3 Å². The molecule has 0 saturated carbocycles. The van der Waals surface area contributed by atoms with Gasteiger partial charge in [-0.1, -0.05) is 0 Å². The third-order valence-corrected chi connectivity index (χ3v) is 1.15. The lowest BCUT2D eigenvalue weighted by Gasteiger charge is -2.06. The summed E-state index contributed by atoms with van der Waals surface area (Å²) in [5, 5.41) is 8.07. The summed E-state index contributed by atoms with van der Waals surface area (Å²) in [6.45, 7) is 0. The number of hydrogen-bond donors (Lipinski definition) is 5. The van der Waals surface area contributed by atoms with E-state index in [1.807, 2.05) is 0 Å². The second-order valence-electron chi connectivity index (χ2n) is 2.82. The highest BCUT2D eigenvalue weighted by Crippen LogP contribution is 1.92. The van der Waals surface area contributed by atoms with Crippen LogP contribution < -0.4 is 16.9 Å². The van der Waals surface area contributed by atoms with Gasteiger partial charge in [0.2, 0.25) is 5.91 Å². The van der Waals surface area contributed by atoms with Crippen molar-refractivity contribution in [3.8, 4) is 0 Å². The van der Waals surface area contributed by atoms with Crippen molar-refractivity contribution in [1.82, 2.24) is 5.48 Å². The van der Waals surface area contributed by atoms with E-state index in [1.54, 1.807) is 0 Å². The Morgan fingerprint density at radius 1 is 1.44 bits per heavy atom. The summed E-state index contributed by atoms with van der Waals surface area (Å²) in [4.78, 5) is 20.7. The van der Waals surface area contributed by atoms with Crippen molar-refractivity contribution in [3.63, 3.8) is 0 Å². The fourth-order valence-electron chi connectivity index (χ4n) is 0.512. The molecule has 0 aliphatic heterocycles. The minimum Gasteiger partial charge on any atom is -0.370 e. The van der Waals surface area contributed by atoms with Gasteiger partial charge in [-0.3, -0.25) is 19.3 Å². The van der Waals surface area contributed by atoms with E-state index in [4.69, 9.17) is 21.2 Å². The third-order valence-electron chi connectivity index (χ3n) is 1.15. The fourth-order valence-corrected chi connectivity index (χ4v) is 0.512. The first-order valence-electron chi connectivity index (χ1n) is 3.98. The highest BCUT2D eigenvalue weighted by Gasteiger charge is 2.12. The van der Waals surface area contributed by atoms with E-state index in [1.165, 1.54) is 5.48 Å². The summed E-state index contributed by atoms with van der Waals surface area (Å²) in [6, 6.07) is -0.882. The summed E-state index contributed by atoms with van der Waals surface area (Å²) in [6.07, 6.45) is 0.892. The molecule has 0 aromatic carbocycles. The first-order valence-corrected chi connectivity index (χ1v) is 5.83. The lowest BCUT2D eigenvalue weighted by atomic mass is 10.1. The molecule has 0 saturated heterocycles. The molecule has 0 bridgehead atoms. The molecule has 0 aliphatic carbocycles. The number of rotatable bonds is 4. The molecule has 0 aliphatic rings. The van der Waals surface area contributed by atoms with Crippen molar-refractivity contribution in [3.05, 3.63) is 0 Å². The Balaban J connectivity index is 0. The molecule has 10 heteroatoms. The van der Waals surface area contributed by atoms with E-state index in [0.717, 1.165) is 0 Å². The normalized spacial score (nSPS) is 12.0. The molecule has 0 unspecified atom stereocenters. The summed E-state index contributed by atoms with van der Waals surface area (Å²) in [5.41, 5.74) is 11.4. The van der Waals surface area contributed by atoms with Gasteiger partial charge in [0.25, 0.3) is 16.0 Å². The van der Waals surface area contributed by atoms with Gasteiger partial charge in [0.15, 0.2) is 0 Å². The van der Waals surface area contributed by atoms with E-state index < -0.39 is 28.0 Å². The Kier molecular flexibility index (Phi) is 8.57. The average molecular weight is 257 g/mol. The maximum Gasteiger partial charge on any atom is 0.261 e. The number of primary amides is 1. The van der Waals surface area contributed by atoms with Crippen LogP contribution in [-0.4, -0.2) is 42.3 Å². The highest BCUT2D eigenvalue weighted by molar-refractivity contribution is 7.85. The Bertz CT molecular complexity index is 319. The van der Waals surface area contributed by atoms with Crippen LogP contribution in [0, 0.1) is 0 Å². The van der Waals surface area contributed by atoms with Gasteiger partial charge in [-0.05, 0) is 6.42 Å². The van der Waals surface area contributed by atoms with Gasteiger partial charge in [-0.15, -0.1) is 0 Å². The number of nitrogens with one attached hydrogen (secondary N) is 1. The maximum absolute atomic E-state index is 10.5. The van der Waals surface area contributed by atoms with E-state index in [0.29, 0.717) is 6.26 Å². The summed E-state index contributed by atoms with van der Waals surface area (Å²) >= 11 is 0. The van der Waals surface area contributed by atoms with Crippen LogP contribution in [0.1, 0.15) is 12.8 Å². The minimum absolute atomic E-state index is 0.0363. The van der Waals surface area contributed by atoms with E-state index in [2.05, 4.69) is 0 Å². The Labute approximate surface area is 92.5 Å². The molecular formula is C6H15N3O6S. The van der Waals surface area contributed by atoms with Crippen molar-refractivity contribution >= 4 is 21.9 Å². The molecule has 0 spiro atoms. The zero-order chi connectivity index (χ0) is 13.4. The Morgan fingerprint density at radius 2 is 1.81 bits per heavy atom. The zero-order valence-electron chi connectivity index (χ0n) is 8.58. The molecule has 0 fully saturated rings. The SMILES string of the molecule is CS(=O)(=O)O.NC(=O)CC[C@H](N)C(=O)NO. The number of nitrogens with two attached hydrogens (primary N) is 2. The molecule has 0 aromatic rings. The smallest absolute Gasteiger partial charge is 0.261 e. The third kappa shape index (κ3) is 18.5. The topological polar surface area (TPSA) is 173 Å². The van der Waals surface area contributed by atoms with Crippen molar-refractivity contribution in [1.29, 1.82) is 0 Å². The van der Waals surface area contributed by atoms with Crippen LogP contribution in [0.3, 0.4) is 0 Å². The molecule has 1 atom stereocenters. The molecular weight excluding hydrogens is 242 g/mol. The van der Waals surface area contributed by atoms with Crippen LogP contribution in [0.4, 0.5) is 0 Å². The van der Waals surface area contributed by atoms with Crippen LogP contribution >= 0.6 is 0 Å². The summed E-state index contributed by atoms with van der Waals surface area (Å²) < 4.78 is 25.9. The average Bonchev–Trinajstić information content (AvgIpc) is 2.10. The van der Waals surface area contributed by atoms with E-state index in [-0.39, 0.29) is 12.8 Å². The Hall–Kier alpha value is -1.23. The lowest BCUT2D eigenvalue weighted by molar-refractivity contribution is -0.130. The van der Waals surface area contributed by atoms with Crippen molar-refractivity contribution in [2.24, 2.45) is 11.5 Å². The van der Waals surface area contributed by atoms with Crippen LogP contribution in [0.2, 0.25) is 0 Å². The number of carbonyl (C=O) groups excluding carboxylic acids is 2. The molecule has 9 nitrogen and oxygen atoms in total. The fraction of sp³-hybridized carbons (Fsp3) is 0.667. The largest absolute Gasteiger partial charge is 0.370 e. The molecule has 16 heavy (non-hydrogen) atoms. The zero-order valence-corrected chi connectivity index (χ0v) is 9.40. The molecule has 2 amide bonds. The lowest BCUT2D eigenvalue weighted by Crippen LogP contribution is -2.39. The second kappa shape index (κ2) is 7.98. The maximum atomic E-state index is 10.5. The Morgan fingerprint density at radius 3 is 2.06 bits per heavy atom. The van der Waals surface area contributed by atoms with Gasteiger partial charge in [0.1, 0.15) is 0 Å². The molecule has 96 valence electrons. The number of hydroxylamine groups is 1. The van der Waals surface area contributed by atoms with Gasteiger partial charge >= 0.3 is 0 Å². The monoisotopic (exact) mass is 257 g/mol. The van der Waals surface area contributed by atoms with Crippen LogP contribution in [0.15, 0.2) is 0 Å². The molecule has 0 aromatic heterocycles. The first-order chi connectivity index (χ1) is 7.07. The van der Waals surface area contributed by atoms with Gasteiger partial charge < -0.3 is 11.5 Å². The van der Waals surface area contributed by atoms with Crippen LogP contribution in [-0.2, 0) is 19.7 Å². The van der Waals surface area contributed by atoms with Gasteiger partial charge in [-0.25, -0.2) is 5.48 Å². The van der Waals surface area contributed by atoms with Gasteiger partial charge in [-0.2, -0.15) is 8.42 Å². The number of amides is 2. The van der Waals surface area contributed by atoms with Crippen LogP contribution in [0.25, 0.3) is 0 Å². The molecule has 0 radical (unpaired) electrons. The highest BCUT2D eigenvalue weighted by atomic mass is 32.2. The van der Waals surface area contributed by atoms with E-state index >= 15 is 0 Å². The quantitative estimate of drug-likeness (QED) is 0.212. The van der Waals surface area contributed by atoms with E-state index in [9.17, 15) is 18.0 Å². The predicted octanol–water partition coefficient (Wildman–Crippen LogP) is -2.41. The molecule has 0 heterocycles. The second-order valence-corrected chi connectivity index (χ2v) is 4.29. The minimum atomic E-state index is -3.67. The van der Waals surface area contributed by atoms with Crippen LogP contribution in [0.5, 0.6) is 0 Å². The first kappa shape index (κ1) is 17.2. The van der Waals surface area contributed by atoms with Crippen molar-refractivity contribution in [2.45, 2.75) is 18.9 Å². The van der Waals surface area contributed by atoms with Crippen molar-refractivity contribution < 1.29 is 27.8 Å². The number of carbonyl (C=O) groups is 2. The standard InChI is InChI=1S/C5H11N3O3.CH4O3S/c6-3(5(10)8-11)1-2-4(7)9;1-5(2,3)4/h3,11H,1-2,6H2,(H2,7,9)(H,8,10);1H3,(H,2,3,4)/t3-;/m0./s1. The summed E-state index contributed by atoms with van der Waals surface area (Å²) in [5.74, 6) is -1.24. The number of hydrogen-bond acceptors (Lipinski definition) is 6. The molecule has 0 rings (SSSR count).